The van der Waals surface area contributed by atoms with E-state index in [0.29, 0.717) is 11.3 Å². The number of carbonyl (C=O) groups is 1. The van der Waals surface area contributed by atoms with E-state index in [-0.39, 0.29) is 10.4 Å². The van der Waals surface area contributed by atoms with Crippen molar-refractivity contribution in [3.05, 3.63) is 40.1 Å². The zero-order valence-corrected chi connectivity index (χ0v) is 8.92. The molecule has 0 aromatic carbocycles. The summed E-state index contributed by atoms with van der Waals surface area (Å²) in [6.45, 7) is 0. The van der Waals surface area contributed by atoms with Crippen molar-refractivity contribution in [2.75, 3.05) is 0 Å². The summed E-state index contributed by atoms with van der Waals surface area (Å²) in [4.78, 5) is 14.8. The van der Waals surface area contributed by atoms with E-state index in [9.17, 15) is 18.0 Å². The number of aromatic nitrogens is 3. The van der Waals surface area contributed by atoms with Crippen molar-refractivity contribution in [1.82, 2.24) is 15.2 Å². The van der Waals surface area contributed by atoms with Crippen LogP contribution in [-0.4, -0.2) is 21.0 Å². The quantitative estimate of drug-likeness (QED) is 0.776. The van der Waals surface area contributed by atoms with E-state index in [0.717, 1.165) is 6.20 Å². The molecule has 0 amide bonds. The van der Waals surface area contributed by atoms with Gasteiger partial charge >= 0.3 is 6.18 Å². The normalized spacial score (nSPS) is 11.5. The molecule has 2 aromatic rings. The Morgan fingerprint density at radius 1 is 1.24 bits per heavy atom. The van der Waals surface area contributed by atoms with Gasteiger partial charge in [-0.2, -0.15) is 23.4 Å². The molecule has 0 N–H and O–H groups in total. The lowest BCUT2D eigenvalue weighted by molar-refractivity contribution is -0.137. The van der Waals surface area contributed by atoms with Crippen molar-refractivity contribution in [2.24, 2.45) is 0 Å². The van der Waals surface area contributed by atoms with E-state index in [2.05, 4.69) is 15.2 Å². The minimum absolute atomic E-state index is 0.0784. The van der Waals surface area contributed by atoms with Crippen molar-refractivity contribution in [3.63, 3.8) is 0 Å². The molecule has 0 unspecified atom stereocenters. The molecule has 0 radical (unpaired) electrons. The smallest absolute Gasteiger partial charge is 0.288 e. The van der Waals surface area contributed by atoms with Gasteiger partial charge < -0.3 is 0 Å². The number of hydrogen-bond donors (Lipinski definition) is 0. The number of carbonyl (C=O) groups excluding carboxylic acids is 1. The number of thiazole rings is 1. The van der Waals surface area contributed by atoms with Crippen molar-refractivity contribution >= 4 is 17.1 Å². The third-order valence-electron chi connectivity index (χ3n) is 1.82. The Bertz CT molecular complexity index is 538. The second-order valence-corrected chi connectivity index (χ2v) is 4.02. The summed E-state index contributed by atoms with van der Waals surface area (Å²) in [6, 6.07) is 1.38. The molecule has 2 rings (SSSR count). The number of ketones is 1. The van der Waals surface area contributed by atoms with Gasteiger partial charge in [0, 0.05) is 11.8 Å². The van der Waals surface area contributed by atoms with E-state index in [1.165, 1.54) is 18.5 Å². The van der Waals surface area contributed by atoms with E-state index in [1.54, 1.807) is 0 Å². The number of alkyl halides is 3. The van der Waals surface area contributed by atoms with E-state index in [1.807, 2.05) is 0 Å². The highest BCUT2D eigenvalue weighted by Gasteiger charge is 2.35. The summed E-state index contributed by atoms with van der Waals surface area (Å²) >= 11 is 0.309. The summed E-state index contributed by atoms with van der Waals surface area (Å²) in [5, 5.41) is 5.91. The highest BCUT2D eigenvalue weighted by Crippen LogP contribution is 2.32. The van der Waals surface area contributed by atoms with Crippen molar-refractivity contribution in [3.8, 4) is 0 Å². The monoisotopic (exact) mass is 259 g/mol. The Labute approximate surface area is 97.1 Å². The number of hydrogen-bond acceptors (Lipinski definition) is 5. The third kappa shape index (κ3) is 2.47. The molecule has 17 heavy (non-hydrogen) atoms. The predicted octanol–water partition coefficient (Wildman–Crippen LogP) is 2.18. The number of nitrogens with zero attached hydrogens (tertiary/aromatic N) is 3. The van der Waals surface area contributed by atoms with Crippen molar-refractivity contribution in [1.29, 1.82) is 0 Å². The number of halogens is 3. The lowest BCUT2D eigenvalue weighted by atomic mass is 10.2. The zero-order valence-electron chi connectivity index (χ0n) is 8.10. The van der Waals surface area contributed by atoms with Gasteiger partial charge in [-0.25, -0.2) is 4.98 Å². The Morgan fingerprint density at radius 2 is 2.00 bits per heavy atom. The van der Waals surface area contributed by atoms with Gasteiger partial charge in [-0.3, -0.25) is 4.79 Å². The molecule has 8 heteroatoms. The summed E-state index contributed by atoms with van der Waals surface area (Å²) < 4.78 is 36.8. The van der Waals surface area contributed by atoms with Gasteiger partial charge in [0.25, 0.3) is 0 Å². The van der Waals surface area contributed by atoms with Gasteiger partial charge in [-0.15, -0.1) is 11.3 Å². The largest absolute Gasteiger partial charge is 0.443 e. The van der Waals surface area contributed by atoms with Crippen molar-refractivity contribution in [2.45, 2.75) is 6.18 Å². The zero-order chi connectivity index (χ0) is 12.5. The molecule has 0 saturated heterocycles. The molecule has 0 fully saturated rings. The number of rotatable bonds is 2. The molecule has 2 heterocycles. The molecular weight excluding hydrogens is 255 g/mol. The van der Waals surface area contributed by atoms with Crippen LogP contribution in [0.5, 0.6) is 0 Å². The summed E-state index contributed by atoms with van der Waals surface area (Å²) in [5.74, 6) is -0.548. The van der Waals surface area contributed by atoms with E-state index >= 15 is 0 Å². The molecule has 0 aliphatic carbocycles. The molecule has 0 aliphatic rings. The van der Waals surface area contributed by atoms with Gasteiger partial charge in [0.1, 0.15) is 0 Å². The maximum Gasteiger partial charge on any atom is 0.443 e. The average molecular weight is 259 g/mol. The molecule has 0 spiro atoms. The Kier molecular flexibility index (Phi) is 2.88. The summed E-state index contributed by atoms with van der Waals surface area (Å²) in [6.07, 6.45) is -1.13. The van der Waals surface area contributed by atoms with Crippen LogP contribution in [0.1, 0.15) is 20.2 Å². The van der Waals surface area contributed by atoms with Crippen LogP contribution in [0.25, 0.3) is 0 Å². The van der Waals surface area contributed by atoms with Crippen LogP contribution in [0.3, 0.4) is 0 Å². The molecule has 4 nitrogen and oxygen atoms in total. The van der Waals surface area contributed by atoms with Gasteiger partial charge in [0.15, 0.2) is 5.01 Å². The van der Waals surface area contributed by atoms with Gasteiger partial charge in [0.2, 0.25) is 5.78 Å². The summed E-state index contributed by atoms with van der Waals surface area (Å²) in [7, 11) is 0. The molecule has 88 valence electrons. The van der Waals surface area contributed by atoms with Gasteiger partial charge in [-0.05, 0) is 6.07 Å². The van der Waals surface area contributed by atoms with Crippen LogP contribution in [0.15, 0.2) is 24.7 Å². The Balaban J connectivity index is 2.30. The first kappa shape index (κ1) is 11.6. The fourth-order valence-corrected chi connectivity index (χ4v) is 1.82. The maximum atomic E-state index is 12.3. The average Bonchev–Trinajstić information content (AvgIpc) is 2.78. The molecule has 0 atom stereocenters. The second kappa shape index (κ2) is 4.21. The fourth-order valence-electron chi connectivity index (χ4n) is 1.08. The minimum atomic E-state index is -4.53. The predicted molar refractivity (Wildman–Crippen MR) is 52.6 cm³/mol. The minimum Gasteiger partial charge on any atom is -0.288 e. The van der Waals surface area contributed by atoms with Crippen LogP contribution in [-0.2, 0) is 6.18 Å². The first-order valence-electron chi connectivity index (χ1n) is 4.33. The first-order chi connectivity index (χ1) is 7.98. The van der Waals surface area contributed by atoms with Crippen LogP contribution in [0, 0.1) is 0 Å². The highest BCUT2D eigenvalue weighted by molar-refractivity contribution is 7.13. The highest BCUT2D eigenvalue weighted by atomic mass is 32.1. The standard InChI is InChI=1S/C9H4F3N3OS/c10-9(11,12)8-13-4-6(17-8)7(16)5-1-2-14-15-3-5/h1-4H. The van der Waals surface area contributed by atoms with Crippen LogP contribution < -0.4 is 0 Å². The SMILES string of the molecule is O=C(c1ccnnc1)c1cnc(C(F)(F)F)s1. The van der Waals surface area contributed by atoms with E-state index < -0.39 is 17.0 Å². The molecule has 0 aliphatic heterocycles. The summed E-state index contributed by atoms with van der Waals surface area (Å²) in [5.41, 5.74) is 0.178. The molecule has 0 bridgehead atoms. The third-order valence-corrected chi connectivity index (χ3v) is 2.86. The lowest BCUT2D eigenvalue weighted by Crippen LogP contribution is -2.03. The van der Waals surface area contributed by atoms with E-state index in [4.69, 9.17) is 0 Å². The maximum absolute atomic E-state index is 12.3. The lowest BCUT2D eigenvalue weighted by Gasteiger charge is -1.99. The Morgan fingerprint density at radius 3 is 2.53 bits per heavy atom. The van der Waals surface area contributed by atoms with Gasteiger partial charge in [-0.1, -0.05) is 0 Å². The van der Waals surface area contributed by atoms with Crippen LogP contribution in [0.2, 0.25) is 0 Å². The topological polar surface area (TPSA) is 55.7 Å². The molecule has 2 aromatic heterocycles. The van der Waals surface area contributed by atoms with Crippen molar-refractivity contribution < 1.29 is 18.0 Å². The van der Waals surface area contributed by atoms with Crippen LogP contribution >= 0.6 is 11.3 Å². The molecule has 0 saturated carbocycles. The van der Waals surface area contributed by atoms with Crippen LogP contribution in [0.4, 0.5) is 13.2 Å². The fraction of sp³-hybridized carbons (Fsp3) is 0.111. The Hall–Kier alpha value is -1.83. The first-order valence-corrected chi connectivity index (χ1v) is 5.14. The van der Waals surface area contributed by atoms with Gasteiger partial charge in [0.05, 0.1) is 17.3 Å². The molecular formula is C9H4F3N3OS. The second-order valence-electron chi connectivity index (χ2n) is 2.99.